The summed E-state index contributed by atoms with van der Waals surface area (Å²) in [6, 6.07) is 4.01. The Morgan fingerprint density at radius 1 is 1.24 bits per heavy atom. The maximum atomic E-state index is 12.7. The minimum Gasteiger partial charge on any atom is -0.495 e. The second-order valence-electron chi connectivity index (χ2n) is 4.24. The van der Waals surface area contributed by atoms with Crippen molar-refractivity contribution in [2.45, 2.75) is 6.18 Å². The molecule has 0 saturated carbocycles. The summed E-state index contributed by atoms with van der Waals surface area (Å²) in [4.78, 5) is 16.1. The topological polar surface area (TPSA) is 65.2 Å². The molecule has 0 amide bonds. The fourth-order valence-corrected chi connectivity index (χ4v) is 1.74. The van der Waals surface area contributed by atoms with Gasteiger partial charge in [0.25, 0.3) is 0 Å². The van der Waals surface area contributed by atoms with Crippen LogP contribution in [0.25, 0.3) is 0 Å². The molecule has 2 rings (SSSR count). The molecule has 4 nitrogen and oxygen atoms in total. The Kier molecular flexibility index (Phi) is 3.84. The van der Waals surface area contributed by atoms with Crippen molar-refractivity contribution in [1.29, 1.82) is 0 Å². The van der Waals surface area contributed by atoms with E-state index in [1.165, 1.54) is 25.6 Å². The van der Waals surface area contributed by atoms with E-state index in [0.29, 0.717) is 5.75 Å². The molecular weight excluding hydrogens is 285 g/mol. The average Bonchev–Trinajstić information content (AvgIpc) is 2.46. The van der Waals surface area contributed by atoms with E-state index < -0.39 is 17.5 Å². The zero-order chi connectivity index (χ0) is 15.6. The van der Waals surface area contributed by atoms with Gasteiger partial charge in [-0.05, 0) is 24.3 Å². The minimum absolute atomic E-state index is 0.0316. The van der Waals surface area contributed by atoms with Crippen LogP contribution < -0.4 is 10.5 Å². The molecule has 0 fully saturated rings. The van der Waals surface area contributed by atoms with E-state index >= 15 is 0 Å². The highest BCUT2D eigenvalue weighted by molar-refractivity contribution is 6.12. The third kappa shape index (κ3) is 3.13. The van der Waals surface area contributed by atoms with Gasteiger partial charge < -0.3 is 10.5 Å². The summed E-state index contributed by atoms with van der Waals surface area (Å²) in [6.07, 6.45) is -1.92. The fourth-order valence-electron chi connectivity index (χ4n) is 1.74. The molecule has 0 saturated heterocycles. The van der Waals surface area contributed by atoms with Gasteiger partial charge in [-0.3, -0.25) is 9.78 Å². The zero-order valence-corrected chi connectivity index (χ0v) is 10.9. The van der Waals surface area contributed by atoms with Crippen molar-refractivity contribution in [2.24, 2.45) is 0 Å². The number of anilines is 1. The van der Waals surface area contributed by atoms with E-state index in [4.69, 9.17) is 10.5 Å². The molecule has 0 aliphatic heterocycles. The van der Waals surface area contributed by atoms with E-state index in [-0.39, 0.29) is 16.8 Å². The molecule has 1 heterocycles. The fraction of sp³-hybridized carbons (Fsp3) is 0.143. The predicted molar refractivity (Wildman–Crippen MR) is 70.1 cm³/mol. The largest absolute Gasteiger partial charge is 0.495 e. The van der Waals surface area contributed by atoms with Crippen LogP contribution in [-0.4, -0.2) is 17.9 Å². The van der Waals surface area contributed by atoms with Gasteiger partial charge in [0.05, 0.1) is 18.9 Å². The smallest absolute Gasteiger partial charge is 0.416 e. The molecule has 0 bridgehead atoms. The maximum Gasteiger partial charge on any atom is 0.416 e. The summed E-state index contributed by atoms with van der Waals surface area (Å²) < 4.78 is 43.0. The number of hydrogen-bond acceptors (Lipinski definition) is 4. The van der Waals surface area contributed by atoms with Gasteiger partial charge in [-0.15, -0.1) is 0 Å². The summed E-state index contributed by atoms with van der Waals surface area (Å²) in [5, 5.41) is 0. The molecule has 7 heteroatoms. The molecule has 0 unspecified atom stereocenters. The predicted octanol–water partition coefficient (Wildman–Crippen LogP) is 2.92. The third-order valence-electron chi connectivity index (χ3n) is 2.84. The molecule has 0 aliphatic rings. The van der Waals surface area contributed by atoms with Crippen LogP contribution in [0.1, 0.15) is 21.5 Å². The number of carbonyl (C=O) groups is 1. The molecule has 0 spiro atoms. The van der Waals surface area contributed by atoms with Crippen molar-refractivity contribution in [1.82, 2.24) is 4.98 Å². The lowest BCUT2D eigenvalue weighted by Gasteiger charge is -2.11. The van der Waals surface area contributed by atoms with E-state index in [1.807, 2.05) is 0 Å². The Hall–Kier alpha value is -2.57. The van der Waals surface area contributed by atoms with E-state index in [1.54, 1.807) is 0 Å². The number of pyridine rings is 1. The number of nitrogens with zero attached hydrogens (tertiary/aromatic N) is 1. The summed E-state index contributed by atoms with van der Waals surface area (Å²) >= 11 is 0. The number of ketones is 1. The van der Waals surface area contributed by atoms with E-state index in [2.05, 4.69) is 4.98 Å². The highest BCUT2D eigenvalue weighted by Crippen LogP contribution is 2.32. The van der Waals surface area contributed by atoms with Gasteiger partial charge in [-0.1, -0.05) is 0 Å². The highest BCUT2D eigenvalue weighted by Gasteiger charge is 2.31. The van der Waals surface area contributed by atoms with Crippen molar-refractivity contribution in [3.8, 4) is 5.75 Å². The summed E-state index contributed by atoms with van der Waals surface area (Å²) in [5.41, 5.74) is 4.51. The van der Waals surface area contributed by atoms with Crippen LogP contribution in [0.15, 0.2) is 36.7 Å². The van der Waals surface area contributed by atoms with Gasteiger partial charge in [0.1, 0.15) is 5.75 Å². The van der Waals surface area contributed by atoms with Gasteiger partial charge in [0.2, 0.25) is 0 Å². The SMILES string of the molecule is COc1cncc(C(=O)c2cc(C(F)(F)F)ccc2N)c1. The number of methoxy groups -OCH3 is 1. The first kappa shape index (κ1) is 14.8. The third-order valence-corrected chi connectivity index (χ3v) is 2.84. The van der Waals surface area contributed by atoms with Crippen molar-refractivity contribution < 1.29 is 22.7 Å². The number of hydrogen-bond donors (Lipinski definition) is 1. The number of rotatable bonds is 3. The molecule has 110 valence electrons. The Morgan fingerprint density at radius 3 is 2.57 bits per heavy atom. The van der Waals surface area contributed by atoms with Crippen LogP contribution in [0.5, 0.6) is 5.75 Å². The van der Waals surface area contributed by atoms with Crippen LogP contribution in [0, 0.1) is 0 Å². The lowest BCUT2D eigenvalue weighted by atomic mass is 10.0. The lowest BCUT2D eigenvalue weighted by molar-refractivity contribution is -0.137. The van der Waals surface area contributed by atoms with Gasteiger partial charge in [0.15, 0.2) is 5.78 Å². The monoisotopic (exact) mass is 296 g/mol. The van der Waals surface area contributed by atoms with Crippen molar-refractivity contribution in [3.63, 3.8) is 0 Å². The molecule has 2 aromatic rings. The summed E-state index contributed by atoms with van der Waals surface area (Å²) in [5.74, 6) is -0.323. The number of alkyl halides is 3. The first-order chi connectivity index (χ1) is 9.82. The highest BCUT2D eigenvalue weighted by atomic mass is 19.4. The second-order valence-corrected chi connectivity index (χ2v) is 4.24. The molecule has 1 aromatic heterocycles. The van der Waals surface area contributed by atoms with Gasteiger partial charge in [-0.2, -0.15) is 13.2 Å². The lowest BCUT2D eigenvalue weighted by Crippen LogP contribution is -2.11. The maximum absolute atomic E-state index is 12.7. The molecule has 1 aromatic carbocycles. The first-order valence-electron chi connectivity index (χ1n) is 5.83. The van der Waals surface area contributed by atoms with Gasteiger partial charge >= 0.3 is 6.18 Å². The van der Waals surface area contributed by atoms with Crippen LogP contribution in [0.4, 0.5) is 18.9 Å². The molecule has 2 N–H and O–H groups in total. The minimum atomic E-state index is -4.55. The number of ether oxygens (including phenoxy) is 1. The number of carbonyl (C=O) groups excluding carboxylic acids is 1. The quantitative estimate of drug-likeness (QED) is 0.698. The van der Waals surface area contributed by atoms with Crippen molar-refractivity contribution in [3.05, 3.63) is 53.3 Å². The normalized spacial score (nSPS) is 11.2. The Bertz CT molecular complexity index is 684. The van der Waals surface area contributed by atoms with Crippen molar-refractivity contribution >= 4 is 11.5 Å². The van der Waals surface area contributed by atoms with Gasteiger partial charge in [0, 0.05) is 23.0 Å². The zero-order valence-electron chi connectivity index (χ0n) is 10.9. The summed E-state index contributed by atoms with van der Waals surface area (Å²) in [6.45, 7) is 0. The Labute approximate surface area is 118 Å². The molecule has 0 radical (unpaired) electrons. The molecular formula is C14H11F3N2O2. The Balaban J connectivity index is 2.47. The van der Waals surface area contributed by atoms with Gasteiger partial charge in [-0.25, -0.2) is 0 Å². The summed E-state index contributed by atoms with van der Waals surface area (Å²) in [7, 11) is 1.39. The van der Waals surface area contributed by atoms with E-state index in [9.17, 15) is 18.0 Å². The van der Waals surface area contributed by atoms with Crippen LogP contribution in [0.3, 0.4) is 0 Å². The number of benzene rings is 1. The van der Waals surface area contributed by atoms with Crippen LogP contribution >= 0.6 is 0 Å². The molecule has 0 atom stereocenters. The van der Waals surface area contributed by atoms with Crippen LogP contribution in [0.2, 0.25) is 0 Å². The average molecular weight is 296 g/mol. The van der Waals surface area contributed by atoms with E-state index in [0.717, 1.165) is 18.2 Å². The number of aromatic nitrogens is 1. The number of nitrogen functional groups attached to an aromatic ring is 1. The standard InChI is InChI=1S/C14H11F3N2O2/c1-21-10-4-8(6-19-7-10)13(20)11-5-9(14(15,16)17)2-3-12(11)18/h2-7H,18H2,1H3. The Morgan fingerprint density at radius 2 is 1.95 bits per heavy atom. The second kappa shape index (κ2) is 5.43. The molecule has 0 aliphatic carbocycles. The number of halogens is 3. The molecule has 21 heavy (non-hydrogen) atoms. The first-order valence-corrected chi connectivity index (χ1v) is 5.83. The van der Waals surface area contributed by atoms with Crippen molar-refractivity contribution in [2.75, 3.05) is 12.8 Å². The number of nitrogens with two attached hydrogens (primary N) is 1. The van der Waals surface area contributed by atoms with Crippen LogP contribution in [-0.2, 0) is 6.18 Å².